The van der Waals surface area contributed by atoms with E-state index in [0.29, 0.717) is 16.5 Å². The number of urea groups is 2. The number of amides is 4. The van der Waals surface area contributed by atoms with Gasteiger partial charge >= 0.3 is 12.1 Å². The lowest BCUT2D eigenvalue weighted by atomic mass is 9.96. The van der Waals surface area contributed by atoms with Crippen LogP contribution in [-0.4, -0.2) is 22.0 Å². The van der Waals surface area contributed by atoms with Gasteiger partial charge in [0, 0.05) is 41.7 Å². The third-order valence-corrected chi connectivity index (χ3v) is 9.09. The topological polar surface area (TPSA) is 108 Å². The van der Waals surface area contributed by atoms with Crippen molar-refractivity contribution < 1.29 is 9.59 Å². The van der Waals surface area contributed by atoms with E-state index >= 15 is 0 Å². The maximum absolute atomic E-state index is 13.0. The molecule has 0 bridgehead atoms. The van der Waals surface area contributed by atoms with Crippen LogP contribution in [0.15, 0.2) is 84.5 Å². The van der Waals surface area contributed by atoms with E-state index in [1.807, 2.05) is 79.9 Å². The summed E-state index contributed by atoms with van der Waals surface area (Å²) in [6.07, 6.45) is 3.50. The van der Waals surface area contributed by atoms with Gasteiger partial charge in [-0.3, -0.25) is 10.3 Å². The Morgan fingerprint density at radius 2 is 1.56 bits per heavy atom. The Hall–Kier alpha value is -3.56. The molecule has 8 nitrogen and oxygen atoms in total. The first-order chi connectivity index (χ1) is 19.8. The van der Waals surface area contributed by atoms with Gasteiger partial charge in [0.15, 0.2) is 5.13 Å². The highest BCUT2D eigenvalue weighted by atomic mass is 127. The molecule has 2 heterocycles. The zero-order chi connectivity index (χ0) is 28.9. The largest absolute Gasteiger partial charge is 0.331 e. The van der Waals surface area contributed by atoms with Crippen LogP contribution >= 0.6 is 56.5 Å². The summed E-state index contributed by atoms with van der Waals surface area (Å²) in [5, 5.41) is 14.0. The van der Waals surface area contributed by atoms with E-state index in [9.17, 15) is 9.59 Å². The number of thiazole rings is 1. The summed E-state index contributed by atoms with van der Waals surface area (Å²) in [7, 11) is 0. The number of nitrogens with one attached hydrogen (secondary N) is 4. The lowest BCUT2D eigenvalue weighted by molar-refractivity contribution is 0.240. The molecule has 0 atom stereocenters. The number of halogens is 2. The number of aryl methyl sites for hydroxylation is 1. The summed E-state index contributed by atoms with van der Waals surface area (Å²) >= 11 is 5.91. The first-order valence-electron chi connectivity index (χ1n) is 12.4. The van der Waals surface area contributed by atoms with Gasteiger partial charge < -0.3 is 16.0 Å². The van der Waals surface area contributed by atoms with Crippen molar-refractivity contribution in [3.05, 3.63) is 103 Å². The number of carbonyl (C=O) groups excluding carboxylic acids is 2. The van der Waals surface area contributed by atoms with Crippen LogP contribution in [0.2, 0.25) is 0 Å². The molecule has 206 valence electrons. The number of anilines is 4. The summed E-state index contributed by atoms with van der Waals surface area (Å²) in [6, 6.07) is 19.8. The Kier molecular flexibility index (Phi) is 9.15. The molecule has 0 radical (unpaired) electrons. The quantitative estimate of drug-likeness (QED) is 0.129. The molecule has 4 amide bonds. The lowest BCUT2D eigenvalue weighted by Gasteiger charge is -2.18. The molecular weight excluding hydrogens is 762 g/mol. The minimum Gasteiger partial charge on any atom is -0.331 e. The number of nitrogens with zero attached hydrogens (tertiary/aromatic N) is 2. The van der Waals surface area contributed by atoms with Crippen LogP contribution in [0.4, 0.5) is 31.8 Å². The molecule has 0 spiro atoms. The number of para-hydroxylation sites is 1. The molecule has 41 heavy (non-hydrogen) atoms. The second kappa shape index (κ2) is 13.0. The monoisotopic (exact) mass is 786 g/mol. The molecule has 0 saturated heterocycles. The normalized spacial score (nSPS) is 10.6. The fourth-order valence-electron chi connectivity index (χ4n) is 4.13. The molecule has 2 aromatic heterocycles. The number of rotatable bonds is 6. The predicted molar refractivity (Wildman–Crippen MR) is 183 cm³/mol. The summed E-state index contributed by atoms with van der Waals surface area (Å²) in [5.74, 6) is 0. The minimum absolute atomic E-state index is 0.548. The van der Waals surface area contributed by atoms with Gasteiger partial charge in [0.25, 0.3) is 0 Å². The van der Waals surface area contributed by atoms with Crippen LogP contribution in [0, 0.1) is 21.0 Å². The van der Waals surface area contributed by atoms with Crippen LogP contribution in [-0.2, 0) is 0 Å². The number of carbonyl (C=O) groups is 2. The number of hydrogen-bond acceptors (Lipinski definition) is 6. The molecule has 0 aliphatic carbocycles. The fraction of sp³-hybridized carbons (Fsp3) is 0.0667. The zero-order valence-corrected chi connectivity index (χ0v) is 27.1. The second-order valence-electron chi connectivity index (χ2n) is 9.04. The molecule has 3 aromatic carbocycles. The third-order valence-electron chi connectivity index (χ3n) is 6.22. The van der Waals surface area contributed by atoms with Gasteiger partial charge in [-0.25, -0.2) is 14.6 Å². The number of benzene rings is 3. The van der Waals surface area contributed by atoms with Gasteiger partial charge in [-0.05, 0) is 118 Å². The van der Waals surface area contributed by atoms with Crippen molar-refractivity contribution in [1.29, 1.82) is 0 Å². The van der Waals surface area contributed by atoms with Crippen molar-refractivity contribution in [2.45, 2.75) is 13.8 Å². The standard InChI is InChI=1S/C30H24I2N6O2S/c1-17-13-21(20-8-5-10-22(31)18(20)2)26(35-29(40)38-28(39)34-24-11-4-3-9-23(24)32)14-25(17)36-30-37-27(16-41-30)19-7-6-12-33-15-19/h3-16H,1-2H3,(H,36,37)(H3,34,35,38,39,40). The van der Waals surface area contributed by atoms with Crippen molar-refractivity contribution in [2.24, 2.45) is 0 Å². The molecule has 5 rings (SSSR count). The third kappa shape index (κ3) is 7.02. The minimum atomic E-state index is -0.652. The number of pyridine rings is 1. The van der Waals surface area contributed by atoms with Crippen molar-refractivity contribution in [1.82, 2.24) is 15.3 Å². The number of aromatic nitrogens is 2. The fourth-order valence-corrected chi connectivity index (χ4v) is 5.89. The molecule has 0 fully saturated rings. The summed E-state index contributed by atoms with van der Waals surface area (Å²) < 4.78 is 1.97. The Labute approximate surface area is 268 Å². The highest BCUT2D eigenvalue weighted by molar-refractivity contribution is 14.1. The van der Waals surface area contributed by atoms with Crippen molar-refractivity contribution in [2.75, 3.05) is 16.0 Å². The first kappa shape index (κ1) is 29.0. The van der Waals surface area contributed by atoms with Crippen LogP contribution < -0.4 is 21.3 Å². The molecule has 0 aliphatic heterocycles. The van der Waals surface area contributed by atoms with Crippen LogP contribution in [0.1, 0.15) is 11.1 Å². The SMILES string of the molecule is Cc1cc(-c2cccc(I)c2C)c(NC(=O)NC(=O)Nc2ccccc2I)cc1Nc1nc(-c2cccnc2)cs1. The van der Waals surface area contributed by atoms with Crippen LogP contribution in [0.25, 0.3) is 22.4 Å². The molecular formula is C30H24I2N6O2S. The van der Waals surface area contributed by atoms with Gasteiger partial charge in [0.2, 0.25) is 0 Å². The van der Waals surface area contributed by atoms with E-state index in [-0.39, 0.29) is 0 Å². The maximum atomic E-state index is 13.0. The second-order valence-corrected chi connectivity index (χ2v) is 12.2. The Morgan fingerprint density at radius 3 is 2.32 bits per heavy atom. The lowest BCUT2D eigenvalue weighted by Crippen LogP contribution is -2.37. The van der Waals surface area contributed by atoms with E-state index in [1.165, 1.54) is 11.3 Å². The summed E-state index contributed by atoms with van der Waals surface area (Å²) in [4.78, 5) is 34.5. The van der Waals surface area contributed by atoms with E-state index in [0.717, 1.165) is 46.3 Å². The molecule has 5 aromatic rings. The van der Waals surface area contributed by atoms with E-state index < -0.39 is 12.1 Å². The molecule has 4 N–H and O–H groups in total. The number of hydrogen-bond donors (Lipinski definition) is 4. The van der Waals surface area contributed by atoms with Gasteiger partial charge in [0.05, 0.1) is 17.1 Å². The van der Waals surface area contributed by atoms with Crippen LogP contribution in [0.5, 0.6) is 0 Å². The molecule has 0 saturated carbocycles. The average Bonchev–Trinajstić information content (AvgIpc) is 3.42. The van der Waals surface area contributed by atoms with Gasteiger partial charge in [-0.2, -0.15) is 0 Å². The zero-order valence-electron chi connectivity index (χ0n) is 22.0. The van der Waals surface area contributed by atoms with E-state index in [1.54, 1.807) is 18.5 Å². The van der Waals surface area contributed by atoms with Gasteiger partial charge in [0.1, 0.15) is 0 Å². The van der Waals surface area contributed by atoms with E-state index in [2.05, 4.69) is 71.4 Å². The maximum Gasteiger partial charge on any atom is 0.327 e. The predicted octanol–water partition coefficient (Wildman–Crippen LogP) is 8.80. The van der Waals surface area contributed by atoms with Crippen molar-refractivity contribution in [3.63, 3.8) is 0 Å². The molecule has 0 unspecified atom stereocenters. The van der Waals surface area contributed by atoms with Crippen LogP contribution in [0.3, 0.4) is 0 Å². The Bertz CT molecular complexity index is 1740. The molecule has 0 aliphatic rings. The highest BCUT2D eigenvalue weighted by Crippen LogP contribution is 2.38. The highest BCUT2D eigenvalue weighted by Gasteiger charge is 2.17. The van der Waals surface area contributed by atoms with Crippen molar-refractivity contribution in [3.8, 4) is 22.4 Å². The number of imide groups is 1. The van der Waals surface area contributed by atoms with E-state index in [4.69, 9.17) is 4.98 Å². The van der Waals surface area contributed by atoms with Gasteiger partial charge in [-0.15, -0.1) is 11.3 Å². The molecule has 11 heteroatoms. The first-order valence-corrected chi connectivity index (χ1v) is 15.5. The Morgan fingerprint density at radius 1 is 0.805 bits per heavy atom. The van der Waals surface area contributed by atoms with Crippen molar-refractivity contribution >= 4 is 90.8 Å². The average molecular weight is 786 g/mol. The van der Waals surface area contributed by atoms with Gasteiger partial charge in [-0.1, -0.05) is 24.3 Å². The smallest absolute Gasteiger partial charge is 0.327 e. The summed E-state index contributed by atoms with van der Waals surface area (Å²) in [6.45, 7) is 4.05. The summed E-state index contributed by atoms with van der Waals surface area (Å²) in [5.41, 5.74) is 7.59. The Balaban J connectivity index is 1.43.